The molecule has 7 nitrogen and oxygen atoms in total. The Morgan fingerprint density at radius 1 is 1.17 bits per heavy atom. The first-order chi connectivity index (χ1) is 11.0. The first kappa shape index (κ1) is 14.6. The minimum absolute atomic E-state index is 0.0182. The SMILES string of the molecule is Cc1ccc(Oc2ccccc2-n2cc(C(=O)O)nn2)c(O)c1. The van der Waals surface area contributed by atoms with Crippen molar-refractivity contribution in [3.05, 3.63) is 59.9 Å². The Morgan fingerprint density at radius 2 is 1.96 bits per heavy atom. The molecule has 0 spiro atoms. The van der Waals surface area contributed by atoms with Crippen molar-refractivity contribution in [2.75, 3.05) is 0 Å². The highest BCUT2D eigenvalue weighted by molar-refractivity contribution is 5.84. The number of aryl methyl sites for hydroxylation is 1. The van der Waals surface area contributed by atoms with Gasteiger partial charge in [0.15, 0.2) is 22.9 Å². The summed E-state index contributed by atoms with van der Waals surface area (Å²) in [4.78, 5) is 10.9. The molecule has 0 aliphatic carbocycles. The maximum Gasteiger partial charge on any atom is 0.358 e. The molecular weight excluding hydrogens is 298 g/mol. The number of phenols is 1. The van der Waals surface area contributed by atoms with Gasteiger partial charge in [0.2, 0.25) is 0 Å². The van der Waals surface area contributed by atoms with Gasteiger partial charge >= 0.3 is 5.97 Å². The molecule has 2 N–H and O–H groups in total. The van der Waals surface area contributed by atoms with Crippen LogP contribution < -0.4 is 4.74 Å². The van der Waals surface area contributed by atoms with Gasteiger partial charge in [-0.05, 0) is 36.8 Å². The van der Waals surface area contributed by atoms with Crippen LogP contribution in [0.3, 0.4) is 0 Å². The van der Waals surface area contributed by atoms with Crippen LogP contribution in [0, 0.1) is 6.92 Å². The summed E-state index contributed by atoms with van der Waals surface area (Å²) in [6.07, 6.45) is 1.29. The molecule has 0 unspecified atom stereocenters. The van der Waals surface area contributed by atoms with E-state index in [4.69, 9.17) is 9.84 Å². The highest BCUT2D eigenvalue weighted by Gasteiger charge is 2.13. The Hall–Kier alpha value is -3.35. The second-order valence-electron chi connectivity index (χ2n) is 4.89. The number of ether oxygens (including phenoxy) is 1. The number of hydrogen-bond donors (Lipinski definition) is 2. The lowest BCUT2D eigenvalue weighted by molar-refractivity contribution is 0.0690. The van der Waals surface area contributed by atoms with Gasteiger partial charge < -0.3 is 14.9 Å². The molecule has 0 amide bonds. The van der Waals surface area contributed by atoms with Crippen LogP contribution in [0.25, 0.3) is 5.69 Å². The van der Waals surface area contributed by atoms with Crippen molar-refractivity contribution in [1.82, 2.24) is 15.0 Å². The summed E-state index contributed by atoms with van der Waals surface area (Å²) >= 11 is 0. The highest BCUT2D eigenvalue weighted by Crippen LogP contribution is 2.33. The topological polar surface area (TPSA) is 97.5 Å². The van der Waals surface area contributed by atoms with E-state index >= 15 is 0 Å². The number of phenolic OH excluding ortho intramolecular Hbond substituents is 1. The van der Waals surface area contributed by atoms with Gasteiger partial charge in [-0.15, -0.1) is 5.10 Å². The number of carboxylic acid groups (broad SMARTS) is 1. The molecule has 0 saturated carbocycles. The summed E-state index contributed by atoms with van der Waals surface area (Å²) < 4.78 is 7.04. The maximum absolute atomic E-state index is 10.9. The van der Waals surface area contributed by atoms with Crippen molar-refractivity contribution < 1.29 is 19.7 Å². The fourth-order valence-electron chi connectivity index (χ4n) is 2.04. The molecule has 0 atom stereocenters. The fourth-order valence-corrected chi connectivity index (χ4v) is 2.04. The molecule has 2 aromatic carbocycles. The number of para-hydroxylation sites is 2. The third-order valence-electron chi connectivity index (χ3n) is 3.16. The highest BCUT2D eigenvalue weighted by atomic mass is 16.5. The quantitative estimate of drug-likeness (QED) is 0.769. The molecule has 1 heterocycles. The molecule has 116 valence electrons. The summed E-state index contributed by atoms with van der Waals surface area (Å²) in [6.45, 7) is 1.86. The lowest BCUT2D eigenvalue weighted by Crippen LogP contribution is -1.99. The van der Waals surface area contributed by atoms with E-state index in [9.17, 15) is 9.90 Å². The van der Waals surface area contributed by atoms with Crippen LogP contribution in [0.5, 0.6) is 17.2 Å². The molecule has 0 fully saturated rings. The Balaban J connectivity index is 1.98. The number of aromatic carboxylic acids is 1. The first-order valence-corrected chi connectivity index (χ1v) is 6.77. The predicted molar refractivity (Wildman–Crippen MR) is 81.2 cm³/mol. The summed E-state index contributed by atoms with van der Waals surface area (Å²) in [5, 5.41) is 26.3. The van der Waals surface area contributed by atoms with E-state index in [-0.39, 0.29) is 11.4 Å². The molecule has 0 aliphatic heterocycles. The predicted octanol–water partition coefficient (Wildman–Crippen LogP) is 2.77. The van der Waals surface area contributed by atoms with Gasteiger partial charge in [0.1, 0.15) is 5.69 Å². The van der Waals surface area contributed by atoms with Gasteiger partial charge in [-0.1, -0.05) is 23.4 Å². The van der Waals surface area contributed by atoms with Crippen LogP contribution in [0.2, 0.25) is 0 Å². The van der Waals surface area contributed by atoms with Crippen LogP contribution in [0.15, 0.2) is 48.7 Å². The molecule has 0 radical (unpaired) electrons. The third kappa shape index (κ3) is 2.98. The minimum atomic E-state index is -1.16. The van der Waals surface area contributed by atoms with E-state index < -0.39 is 5.97 Å². The molecule has 23 heavy (non-hydrogen) atoms. The van der Waals surface area contributed by atoms with E-state index in [1.165, 1.54) is 10.9 Å². The second kappa shape index (κ2) is 5.80. The fraction of sp³-hybridized carbons (Fsp3) is 0.0625. The Bertz CT molecular complexity index is 873. The average Bonchev–Trinajstić information content (AvgIpc) is 3.00. The lowest BCUT2D eigenvalue weighted by atomic mass is 10.2. The van der Waals surface area contributed by atoms with E-state index in [0.29, 0.717) is 17.2 Å². The molecule has 0 aliphatic rings. The van der Waals surface area contributed by atoms with Crippen LogP contribution in [-0.4, -0.2) is 31.2 Å². The van der Waals surface area contributed by atoms with Gasteiger partial charge in [-0.25, -0.2) is 9.48 Å². The van der Waals surface area contributed by atoms with Crippen LogP contribution >= 0.6 is 0 Å². The van der Waals surface area contributed by atoms with Crippen LogP contribution in [-0.2, 0) is 0 Å². The van der Waals surface area contributed by atoms with Gasteiger partial charge in [0.25, 0.3) is 0 Å². The zero-order valence-electron chi connectivity index (χ0n) is 12.2. The third-order valence-corrected chi connectivity index (χ3v) is 3.16. The maximum atomic E-state index is 10.9. The van der Waals surface area contributed by atoms with Crippen molar-refractivity contribution in [2.24, 2.45) is 0 Å². The lowest BCUT2D eigenvalue weighted by Gasteiger charge is -2.11. The minimum Gasteiger partial charge on any atom is -0.504 e. The zero-order chi connectivity index (χ0) is 16.4. The van der Waals surface area contributed by atoms with Crippen molar-refractivity contribution in [2.45, 2.75) is 6.92 Å². The average molecular weight is 311 g/mol. The molecule has 0 saturated heterocycles. The number of hydrogen-bond acceptors (Lipinski definition) is 5. The van der Waals surface area contributed by atoms with E-state index in [1.54, 1.807) is 36.4 Å². The van der Waals surface area contributed by atoms with Crippen molar-refractivity contribution in [3.8, 4) is 22.9 Å². The van der Waals surface area contributed by atoms with Gasteiger partial charge in [-0.2, -0.15) is 0 Å². The summed E-state index contributed by atoms with van der Waals surface area (Å²) in [7, 11) is 0. The van der Waals surface area contributed by atoms with Gasteiger partial charge in [-0.3, -0.25) is 0 Å². The summed E-state index contributed by atoms with van der Waals surface area (Å²) in [6, 6.07) is 12.0. The standard InChI is InChI=1S/C16H13N3O4/c1-10-6-7-15(13(20)8-10)23-14-5-3-2-4-12(14)19-9-11(16(21)22)17-18-19/h2-9,20H,1H3,(H,21,22). The normalized spacial score (nSPS) is 10.5. The summed E-state index contributed by atoms with van der Waals surface area (Å²) in [5.41, 5.74) is 1.25. The number of rotatable bonds is 4. The number of aromatic hydroxyl groups is 1. The van der Waals surface area contributed by atoms with Crippen molar-refractivity contribution in [3.63, 3.8) is 0 Å². The Labute approximate surface area is 131 Å². The van der Waals surface area contributed by atoms with Gasteiger partial charge in [0, 0.05) is 0 Å². The first-order valence-electron chi connectivity index (χ1n) is 6.77. The second-order valence-corrected chi connectivity index (χ2v) is 4.89. The molecule has 1 aromatic heterocycles. The number of aromatic nitrogens is 3. The molecule has 3 rings (SSSR count). The molecular formula is C16H13N3O4. The van der Waals surface area contributed by atoms with E-state index in [2.05, 4.69) is 10.3 Å². The number of carbonyl (C=O) groups is 1. The molecule has 0 bridgehead atoms. The van der Waals surface area contributed by atoms with E-state index in [1.807, 2.05) is 13.0 Å². The zero-order valence-corrected chi connectivity index (χ0v) is 12.2. The van der Waals surface area contributed by atoms with Crippen molar-refractivity contribution >= 4 is 5.97 Å². The number of nitrogens with zero attached hydrogens (tertiary/aromatic N) is 3. The summed E-state index contributed by atoms with van der Waals surface area (Å²) in [5.74, 6) is -0.439. The number of benzene rings is 2. The number of carboxylic acids is 1. The smallest absolute Gasteiger partial charge is 0.358 e. The van der Waals surface area contributed by atoms with Crippen LogP contribution in [0.1, 0.15) is 16.1 Å². The Kier molecular flexibility index (Phi) is 3.68. The van der Waals surface area contributed by atoms with Crippen LogP contribution in [0.4, 0.5) is 0 Å². The monoisotopic (exact) mass is 311 g/mol. The Morgan fingerprint density at radius 3 is 2.65 bits per heavy atom. The van der Waals surface area contributed by atoms with E-state index in [0.717, 1.165) is 5.56 Å². The molecule has 7 heteroatoms. The van der Waals surface area contributed by atoms with Crippen molar-refractivity contribution in [1.29, 1.82) is 0 Å². The largest absolute Gasteiger partial charge is 0.504 e. The molecule has 3 aromatic rings. The van der Waals surface area contributed by atoms with Gasteiger partial charge in [0.05, 0.1) is 6.20 Å².